The number of hydrogen-bond donors (Lipinski definition) is 1. The lowest BCUT2D eigenvalue weighted by atomic mass is 9.84. The molecule has 4 rings (SSSR count). The van der Waals surface area contributed by atoms with Crippen LogP contribution in [0.2, 0.25) is 5.02 Å². The van der Waals surface area contributed by atoms with Crippen LogP contribution in [0.3, 0.4) is 0 Å². The fourth-order valence-corrected chi connectivity index (χ4v) is 3.68. The van der Waals surface area contributed by atoms with Gasteiger partial charge in [-0.25, -0.2) is 4.68 Å². The molecule has 1 saturated heterocycles. The Morgan fingerprint density at radius 2 is 1.69 bits per heavy atom. The normalized spacial score (nSPS) is 16.7. The molecule has 26 heavy (non-hydrogen) atoms. The molecular weight excluding hydrogens is 350 g/mol. The highest BCUT2D eigenvalue weighted by atomic mass is 35.5. The quantitative estimate of drug-likeness (QED) is 0.768. The number of hydrogen-bond acceptors (Lipinski definition) is 5. The molecular formula is C19H20ClN5O. The first kappa shape index (κ1) is 17.0. The van der Waals surface area contributed by atoms with E-state index >= 15 is 0 Å². The smallest absolute Gasteiger partial charge is 0.175 e. The second-order valence-electron chi connectivity index (χ2n) is 6.65. The Labute approximate surface area is 157 Å². The van der Waals surface area contributed by atoms with Gasteiger partial charge in [0.05, 0.1) is 11.3 Å². The van der Waals surface area contributed by atoms with Crippen molar-refractivity contribution in [2.45, 2.75) is 25.4 Å². The van der Waals surface area contributed by atoms with Gasteiger partial charge in [-0.2, -0.15) is 5.10 Å². The van der Waals surface area contributed by atoms with Crippen molar-refractivity contribution in [1.29, 1.82) is 0 Å². The van der Waals surface area contributed by atoms with Crippen LogP contribution in [-0.4, -0.2) is 38.2 Å². The van der Waals surface area contributed by atoms with Gasteiger partial charge in [-0.1, -0.05) is 29.8 Å². The maximum absolute atomic E-state index is 11.0. The van der Waals surface area contributed by atoms with Gasteiger partial charge >= 0.3 is 0 Å². The maximum Gasteiger partial charge on any atom is 0.175 e. The Hall–Kier alpha value is -2.44. The molecule has 1 aliphatic rings. The first-order valence-electron chi connectivity index (χ1n) is 8.64. The number of aliphatic hydroxyl groups is 1. The van der Waals surface area contributed by atoms with Crippen molar-refractivity contribution >= 4 is 17.4 Å². The van der Waals surface area contributed by atoms with E-state index in [0.717, 1.165) is 17.1 Å². The molecule has 1 N–H and O–H groups in total. The van der Waals surface area contributed by atoms with Gasteiger partial charge in [-0.05, 0) is 44.0 Å². The van der Waals surface area contributed by atoms with E-state index in [0.29, 0.717) is 36.8 Å². The lowest BCUT2D eigenvalue weighted by Crippen LogP contribution is -2.43. The van der Waals surface area contributed by atoms with Crippen molar-refractivity contribution in [1.82, 2.24) is 20.0 Å². The van der Waals surface area contributed by atoms with Crippen LogP contribution < -0.4 is 4.90 Å². The van der Waals surface area contributed by atoms with Gasteiger partial charge in [0, 0.05) is 29.9 Å². The molecule has 0 amide bonds. The van der Waals surface area contributed by atoms with Crippen LogP contribution in [0.5, 0.6) is 0 Å². The standard InChI is InChI=1S/C19H20ClN5O/c1-14-8-11-25(23-14)18-7-6-17(21-22-18)24-12-9-19(26,10-13-24)15-4-2-3-5-16(15)20/h2-8,11,26H,9-10,12-13H2,1H3. The van der Waals surface area contributed by atoms with E-state index in [4.69, 9.17) is 11.6 Å². The van der Waals surface area contributed by atoms with Gasteiger partial charge in [0.25, 0.3) is 0 Å². The summed E-state index contributed by atoms with van der Waals surface area (Å²) in [4.78, 5) is 2.14. The maximum atomic E-state index is 11.0. The van der Waals surface area contributed by atoms with E-state index in [9.17, 15) is 5.11 Å². The van der Waals surface area contributed by atoms with Crippen molar-refractivity contribution in [3.8, 4) is 5.82 Å². The van der Waals surface area contributed by atoms with E-state index in [1.165, 1.54) is 0 Å². The molecule has 1 fully saturated rings. The zero-order valence-corrected chi connectivity index (χ0v) is 15.3. The van der Waals surface area contributed by atoms with Gasteiger partial charge in [0.2, 0.25) is 0 Å². The topological polar surface area (TPSA) is 67.1 Å². The number of halogens is 1. The van der Waals surface area contributed by atoms with Crippen molar-refractivity contribution < 1.29 is 5.11 Å². The monoisotopic (exact) mass is 369 g/mol. The molecule has 1 aliphatic heterocycles. The second-order valence-corrected chi connectivity index (χ2v) is 7.06. The lowest BCUT2D eigenvalue weighted by Gasteiger charge is -2.39. The fraction of sp³-hybridized carbons (Fsp3) is 0.316. The Kier molecular flexibility index (Phi) is 4.38. The molecule has 7 heteroatoms. The summed E-state index contributed by atoms with van der Waals surface area (Å²) in [5.74, 6) is 1.49. The van der Waals surface area contributed by atoms with Crippen molar-refractivity contribution in [2.24, 2.45) is 0 Å². The number of benzene rings is 1. The van der Waals surface area contributed by atoms with E-state index < -0.39 is 5.60 Å². The predicted molar refractivity (Wildman–Crippen MR) is 101 cm³/mol. The van der Waals surface area contributed by atoms with Crippen LogP contribution in [0.25, 0.3) is 5.82 Å². The van der Waals surface area contributed by atoms with E-state index in [1.54, 1.807) is 4.68 Å². The van der Waals surface area contributed by atoms with Crippen LogP contribution >= 0.6 is 11.6 Å². The minimum absolute atomic E-state index is 0.596. The van der Waals surface area contributed by atoms with Gasteiger partial charge in [0.1, 0.15) is 0 Å². The first-order valence-corrected chi connectivity index (χ1v) is 9.02. The summed E-state index contributed by atoms with van der Waals surface area (Å²) in [5.41, 5.74) is 0.844. The van der Waals surface area contributed by atoms with Crippen LogP contribution in [0.15, 0.2) is 48.7 Å². The molecule has 1 aromatic carbocycles. The molecule has 0 saturated carbocycles. The fourth-order valence-electron chi connectivity index (χ4n) is 3.37. The van der Waals surface area contributed by atoms with Crippen LogP contribution in [0.1, 0.15) is 24.1 Å². The number of aryl methyl sites for hydroxylation is 1. The molecule has 0 bridgehead atoms. The highest BCUT2D eigenvalue weighted by Crippen LogP contribution is 2.37. The molecule has 3 aromatic rings. The van der Waals surface area contributed by atoms with Crippen LogP contribution in [0, 0.1) is 6.92 Å². The van der Waals surface area contributed by atoms with Gasteiger partial charge in [-0.15, -0.1) is 10.2 Å². The molecule has 6 nitrogen and oxygen atoms in total. The number of rotatable bonds is 3. The molecule has 0 aliphatic carbocycles. The SMILES string of the molecule is Cc1ccn(-c2ccc(N3CCC(O)(c4ccccc4Cl)CC3)nn2)n1. The summed E-state index contributed by atoms with van der Waals surface area (Å²) in [5, 5.41) is 24.6. The average Bonchev–Trinajstić information content (AvgIpc) is 3.09. The molecule has 0 spiro atoms. The van der Waals surface area contributed by atoms with Crippen LogP contribution in [-0.2, 0) is 5.60 Å². The third-order valence-electron chi connectivity index (χ3n) is 4.88. The minimum Gasteiger partial charge on any atom is -0.385 e. The summed E-state index contributed by atoms with van der Waals surface area (Å²) in [7, 11) is 0. The molecule has 2 aromatic heterocycles. The summed E-state index contributed by atoms with van der Waals surface area (Å²) in [6.07, 6.45) is 3.06. The predicted octanol–water partition coefficient (Wildman–Crippen LogP) is 3.11. The number of anilines is 1. The molecule has 0 radical (unpaired) electrons. The van der Waals surface area contributed by atoms with Crippen molar-refractivity contribution in [3.05, 3.63) is 64.9 Å². The second kappa shape index (κ2) is 6.70. The third-order valence-corrected chi connectivity index (χ3v) is 5.21. The number of piperidine rings is 1. The highest BCUT2D eigenvalue weighted by Gasteiger charge is 2.35. The first-order chi connectivity index (χ1) is 12.5. The van der Waals surface area contributed by atoms with Crippen molar-refractivity contribution in [3.63, 3.8) is 0 Å². The average molecular weight is 370 g/mol. The zero-order valence-electron chi connectivity index (χ0n) is 14.5. The van der Waals surface area contributed by atoms with Gasteiger partial charge < -0.3 is 10.0 Å². The molecule has 3 heterocycles. The van der Waals surface area contributed by atoms with Gasteiger partial charge in [0.15, 0.2) is 11.6 Å². The summed E-state index contributed by atoms with van der Waals surface area (Å²) < 4.78 is 1.71. The van der Waals surface area contributed by atoms with E-state index in [1.807, 2.05) is 55.6 Å². The van der Waals surface area contributed by atoms with E-state index in [2.05, 4.69) is 20.2 Å². The van der Waals surface area contributed by atoms with Crippen molar-refractivity contribution in [2.75, 3.05) is 18.0 Å². The Morgan fingerprint density at radius 3 is 2.31 bits per heavy atom. The highest BCUT2D eigenvalue weighted by molar-refractivity contribution is 6.31. The molecule has 0 atom stereocenters. The Bertz CT molecular complexity index is 900. The molecule has 134 valence electrons. The van der Waals surface area contributed by atoms with Gasteiger partial charge in [-0.3, -0.25) is 0 Å². The Balaban J connectivity index is 1.47. The number of nitrogens with zero attached hydrogens (tertiary/aromatic N) is 5. The van der Waals surface area contributed by atoms with E-state index in [-0.39, 0.29) is 0 Å². The lowest BCUT2D eigenvalue weighted by molar-refractivity contribution is 0.0117. The third kappa shape index (κ3) is 3.18. The molecule has 0 unspecified atom stereocenters. The largest absolute Gasteiger partial charge is 0.385 e. The zero-order chi connectivity index (χ0) is 18.1. The summed E-state index contributed by atoms with van der Waals surface area (Å²) >= 11 is 6.27. The minimum atomic E-state index is -0.894. The summed E-state index contributed by atoms with van der Waals surface area (Å²) in [6.45, 7) is 3.32. The van der Waals surface area contributed by atoms with Crippen LogP contribution in [0.4, 0.5) is 5.82 Å². The Morgan fingerprint density at radius 1 is 1.00 bits per heavy atom. The number of aromatic nitrogens is 4. The summed E-state index contributed by atoms with van der Waals surface area (Å²) in [6, 6.07) is 13.3.